The van der Waals surface area contributed by atoms with Gasteiger partial charge in [0.1, 0.15) is 5.82 Å². The molecule has 0 saturated carbocycles. The molecule has 2 aromatic rings. The molecule has 0 saturated heterocycles. The lowest BCUT2D eigenvalue weighted by atomic mass is 10.2. The molecule has 1 heterocycles. The van der Waals surface area contributed by atoms with Crippen molar-refractivity contribution in [3.8, 4) is 0 Å². The zero-order valence-corrected chi connectivity index (χ0v) is 11.4. The molecule has 0 radical (unpaired) electrons. The van der Waals surface area contributed by atoms with E-state index in [0.717, 1.165) is 23.4 Å². The number of aryl methyl sites for hydroxylation is 1. The molecule has 1 aromatic heterocycles. The number of fused-ring (bicyclic) bond motifs is 1. The molecule has 1 unspecified atom stereocenters. The van der Waals surface area contributed by atoms with Crippen molar-refractivity contribution in [2.75, 3.05) is 13.1 Å². The van der Waals surface area contributed by atoms with Crippen molar-refractivity contribution in [2.24, 2.45) is 11.7 Å². The van der Waals surface area contributed by atoms with Crippen LogP contribution >= 0.6 is 0 Å². The zero-order valence-electron chi connectivity index (χ0n) is 11.4. The average molecular weight is 260 g/mol. The summed E-state index contributed by atoms with van der Waals surface area (Å²) >= 11 is 0. The molecule has 0 fully saturated rings. The number of benzene rings is 1. The summed E-state index contributed by atoms with van der Waals surface area (Å²) < 4.78 is 2.11. The van der Waals surface area contributed by atoms with Crippen LogP contribution in [0.15, 0.2) is 24.3 Å². The highest BCUT2D eigenvalue weighted by Gasteiger charge is 2.10. The Morgan fingerprint density at radius 3 is 2.95 bits per heavy atom. The van der Waals surface area contributed by atoms with E-state index in [0.29, 0.717) is 13.1 Å². The monoisotopic (exact) mass is 260 g/mol. The van der Waals surface area contributed by atoms with Gasteiger partial charge >= 0.3 is 0 Å². The molecule has 2 rings (SSSR count). The smallest absolute Gasteiger partial charge is 0.224 e. The first-order valence-electron chi connectivity index (χ1n) is 6.53. The number of nitrogens with one attached hydrogen (secondary N) is 1. The van der Waals surface area contributed by atoms with Crippen LogP contribution in [0.1, 0.15) is 12.7 Å². The molecule has 19 heavy (non-hydrogen) atoms. The highest BCUT2D eigenvalue weighted by Crippen LogP contribution is 2.14. The number of hydrogen-bond acceptors (Lipinski definition) is 3. The van der Waals surface area contributed by atoms with Gasteiger partial charge in [0.15, 0.2) is 0 Å². The molecule has 0 bridgehead atoms. The fourth-order valence-corrected chi connectivity index (χ4v) is 2.05. The van der Waals surface area contributed by atoms with Gasteiger partial charge in [0.25, 0.3) is 0 Å². The maximum Gasteiger partial charge on any atom is 0.224 e. The van der Waals surface area contributed by atoms with Crippen LogP contribution in [-0.4, -0.2) is 28.5 Å². The highest BCUT2D eigenvalue weighted by atomic mass is 16.1. The van der Waals surface area contributed by atoms with Crippen molar-refractivity contribution in [3.05, 3.63) is 30.1 Å². The molecule has 3 N–H and O–H groups in total. The van der Waals surface area contributed by atoms with Crippen LogP contribution in [0, 0.1) is 12.8 Å². The molecule has 0 aliphatic carbocycles. The van der Waals surface area contributed by atoms with E-state index in [1.807, 2.05) is 38.1 Å². The normalized spacial score (nSPS) is 12.6. The number of carbonyl (C=O) groups is 1. The van der Waals surface area contributed by atoms with E-state index < -0.39 is 0 Å². The van der Waals surface area contributed by atoms with Gasteiger partial charge in [-0.1, -0.05) is 19.1 Å². The summed E-state index contributed by atoms with van der Waals surface area (Å²) in [7, 11) is 0. The Bertz CT molecular complexity index is 576. The van der Waals surface area contributed by atoms with E-state index in [2.05, 4.69) is 14.9 Å². The van der Waals surface area contributed by atoms with Crippen LogP contribution in [0.2, 0.25) is 0 Å². The molecule has 5 heteroatoms. The topological polar surface area (TPSA) is 72.9 Å². The number of aromatic nitrogens is 2. The second-order valence-electron chi connectivity index (χ2n) is 4.73. The molecule has 0 spiro atoms. The van der Waals surface area contributed by atoms with E-state index >= 15 is 0 Å². The van der Waals surface area contributed by atoms with Gasteiger partial charge < -0.3 is 15.6 Å². The highest BCUT2D eigenvalue weighted by molar-refractivity contribution is 5.78. The molecule has 102 valence electrons. The van der Waals surface area contributed by atoms with Gasteiger partial charge in [-0.25, -0.2) is 4.98 Å². The van der Waals surface area contributed by atoms with Crippen molar-refractivity contribution in [1.82, 2.24) is 14.9 Å². The SMILES string of the molecule is Cc1nc2ccccc2n1CCNC(=O)C(C)CN. The Morgan fingerprint density at radius 1 is 1.47 bits per heavy atom. The summed E-state index contributed by atoms with van der Waals surface area (Å²) in [6, 6.07) is 8.01. The predicted octanol–water partition coefficient (Wildman–Crippen LogP) is 1.06. The maximum atomic E-state index is 11.6. The van der Waals surface area contributed by atoms with Crippen LogP contribution in [-0.2, 0) is 11.3 Å². The zero-order chi connectivity index (χ0) is 13.8. The Hall–Kier alpha value is -1.88. The summed E-state index contributed by atoms with van der Waals surface area (Å²) in [4.78, 5) is 16.1. The molecular weight excluding hydrogens is 240 g/mol. The predicted molar refractivity (Wildman–Crippen MR) is 75.7 cm³/mol. The Kier molecular flexibility index (Phi) is 4.16. The van der Waals surface area contributed by atoms with Gasteiger partial charge in [-0.3, -0.25) is 4.79 Å². The maximum absolute atomic E-state index is 11.6. The molecule has 1 aromatic carbocycles. The van der Waals surface area contributed by atoms with Crippen LogP contribution < -0.4 is 11.1 Å². The second-order valence-corrected chi connectivity index (χ2v) is 4.73. The molecule has 0 aliphatic heterocycles. The van der Waals surface area contributed by atoms with Gasteiger partial charge in [-0.2, -0.15) is 0 Å². The van der Waals surface area contributed by atoms with E-state index in [1.54, 1.807) is 0 Å². The number of para-hydroxylation sites is 2. The first-order chi connectivity index (χ1) is 9.13. The first kappa shape index (κ1) is 13.5. The van der Waals surface area contributed by atoms with E-state index in [-0.39, 0.29) is 11.8 Å². The minimum atomic E-state index is -0.138. The summed E-state index contributed by atoms with van der Waals surface area (Å²) in [5.74, 6) is 0.826. The number of rotatable bonds is 5. The Balaban J connectivity index is 2.02. The lowest BCUT2D eigenvalue weighted by molar-refractivity contribution is -0.124. The second kappa shape index (κ2) is 5.84. The van der Waals surface area contributed by atoms with Gasteiger partial charge in [0.2, 0.25) is 5.91 Å². The standard InChI is InChI=1S/C14H20N4O/c1-10(9-15)14(19)16-7-8-18-11(2)17-12-5-3-4-6-13(12)18/h3-6,10H,7-9,15H2,1-2H3,(H,16,19). The molecule has 1 amide bonds. The van der Waals surface area contributed by atoms with Gasteiger partial charge in [-0.15, -0.1) is 0 Å². The largest absolute Gasteiger partial charge is 0.354 e. The lowest BCUT2D eigenvalue weighted by Gasteiger charge is -2.11. The van der Waals surface area contributed by atoms with Crippen LogP contribution in [0.4, 0.5) is 0 Å². The molecular formula is C14H20N4O. The fraction of sp³-hybridized carbons (Fsp3) is 0.429. The Morgan fingerprint density at radius 2 is 2.21 bits per heavy atom. The molecule has 0 aliphatic rings. The minimum Gasteiger partial charge on any atom is -0.354 e. The third kappa shape index (κ3) is 2.93. The average Bonchev–Trinajstić information content (AvgIpc) is 2.74. The summed E-state index contributed by atoms with van der Waals surface area (Å²) in [6.07, 6.45) is 0. The van der Waals surface area contributed by atoms with Crippen molar-refractivity contribution in [3.63, 3.8) is 0 Å². The summed E-state index contributed by atoms with van der Waals surface area (Å²) in [6.45, 7) is 5.48. The number of nitrogens with zero attached hydrogens (tertiary/aromatic N) is 2. The third-order valence-corrected chi connectivity index (χ3v) is 3.28. The number of hydrogen-bond donors (Lipinski definition) is 2. The number of carbonyl (C=O) groups excluding carboxylic acids is 1. The van der Waals surface area contributed by atoms with Crippen molar-refractivity contribution in [1.29, 1.82) is 0 Å². The number of amides is 1. The number of imidazole rings is 1. The minimum absolute atomic E-state index is 0.00424. The lowest BCUT2D eigenvalue weighted by Crippen LogP contribution is -2.35. The van der Waals surface area contributed by atoms with Gasteiger partial charge in [-0.05, 0) is 19.1 Å². The van der Waals surface area contributed by atoms with Crippen LogP contribution in [0.25, 0.3) is 11.0 Å². The van der Waals surface area contributed by atoms with Crippen LogP contribution in [0.5, 0.6) is 0 Å². The quantitative estimate of drug-likeness (QED) is 0.844. The van der Waals surface area contributed by atoms with Crippen molar-refractivity contribution < 1.29 is 4.79 Å². The summed E-state index contributed by atoms with van der Waals surface area (Å²) in [5, 5.41) is 2.90. The van der Waals surface area contributed by atoms with E-state index in [4.69, 9.17) is 5.73 Å². The van der Waals surface area contributed by atoms with Crippen molar-refractivity contribution in [2.45, 2.75) is 20.4 Å². The fourth-order valence-electron chi connectivity index (χ4n) is 2.05. The summed E-state index contributed by atoms with van der Waals surface area (Å²) in [5.41, 5.74) is 7.55. The van der Waals surface area contributed by atoms with E-state index in [9.17, 15) is 4.79 Å². The third-order valence-electron chi connectivity index (χ3n) is 3.28. The molecule has 1 atom stereocenters. The van der Waals surface area contributed by atoms with Crippen molar-refractivity contribution >= 4 is 16.9 Å². The van der Waals surface area contributed by atoms with Gasteiger partial charge in [0.05, 0.1) is 11.0 Å². The Labute approximate surface area is 112 Å². The van der Waals surface area contributed by atoms with Crippen LogP contribution in [0.3, 0.4) is 0 Å². The van der Waals surface area contributed by atoms with E-state index in [1.165, 1.54) is 0 Å². The van der Waals surface area contributed by atoms with Gasteiger partial charge in [0, 0.05) is 25.6 Å². The number of nitrogens with two attached hydrogens (primary N) is 1. The first-order valence-corrected chi connectivity index (χ1v) is 6.53. The molecule has 5 nitrogen and oxygen atoms in total.